The highest BCUT2D eigenvalue weighted by atomic mass is 16.5. The number of aliphatic imine (C=N–C) groups is 1. The number of methoxy groups -OCH3 is 1. The fourth-order valence-corrected chi connectivity index (χ4v) is 5.98. The van der Waals surface area contributed by atoms with Gasteiger partial charge in [0.05, 0.1) is 18.2 Å². The number of unbranched alkanes of at least 4 members (excludes halogenated alkanes) is 1. The van der Waals surface area contributed by atoms with Gasteiger partial charge in [-0.25, -0.2) is 4.99 Å². The van der Waals surface area contributed by atoms with Crippen molar-refractivity contribution >= 4 is 17.8 Å². The molecule has 0 bridgehead atoms. The number of nitrogens with zero attached hydrogens (tertiary/aromatic N) is 2. The van der Waals surface area contributed by atoms with E-state index >= 15 is 0 Å². The van der Waals surface area contributed by atoms with E-state index in [1.165, 1.54) is 21.6 Å². The summed E-state index contributed by atoms with van der Waals surface area (Å²) in [5.74, 6) is 1.09. The number of guanidine groups is 1. The average Bonchev–Trinajstić information content (AvgIpc) is 3.37. The Bertz CT molecular complexity index is 1290. The predicted octanol–water partition coefficient (Wildman–Crippen LogP) is 5.12. The van der Waals surface area contributed by atoms with E-state index in [0.29, 0.717) is 24.4 Å². The zero-order valence-corrected chi connectivity index (χ0v) is 25.5. The number of benzene rings is 2. The summed E-state index contributed by atoms with van der Waals surface area (Å²) in [7, 11) is 3.40. The molecule has 8 nitrogen and oxygen atoms in total. The Morgan fingerprint density at radius 3 is 2.61 bits per heavy atom. The fraction of sp³-hybridized carbons (Fsp3) is 0.545. The van der Waals surface area contributed by atoms with Crippen LogP contribution in [0.25, 0.3) is 0 Å². The summed E-state index contributed by atoms with van der Waals surface area (Å²) in [4.78, 5) is 31.3. The Hall–Kier alpha value is -3.39. The fourth-order valence-electron chi connectivity index (χ4n) is 5.98. The number of nitrogens with one attached hydrogen (secondary N) is 1. The van der Waals surface area contributed by atoms with Gasteiger partial charge in [-0.05, 0) is 80.8 Å². The Labute approximate surface area is 244 Å². The van der Waals surface area contributed by atoms with Gasteiger partial charge < -0.3 is 20.5 Å². The van der Waals surface area contributed by atoms with Crippen LogP contribution in [0.2, 0.25) is 0 Å². The Morgan fingerprint density at radius 1 is 1.12 bits per heavy atom. The molecule has 2 amide bonds. The smallest absolute Gasteiger partial charge is 0.251 e. The number of ether oxygens (including phenoxy) is 2. The second kappa shape index (κ2) is 13.1. The van der Waals surface area contributed by atoms with Crippen LogP contribution in [-0.4, -0.2) is 54.6 Å². The van der Waals surface area contributed by atoms with E-state index in [2.05, 4.69) is 42.4 Å². The van der Waals surface area contributed by atoms with E-state index in [4.69, 9.17) is 15.2 Å². The maximum Gasteiger partial charge on any atom is 0.251 e. The number of hydrogen-bond acceptors (Lipinski definition) is 6. The molecule has 41 heavy (non-hydrogen) atoms. The van der Waals surface area contributed by atoms with Gasteiger partial charge >= 0.3 is 0 Å². The van der Waals surface area contributed by atoms with Crippen molar-refractivity contribution in [3.63, 3.8) is 0 Å². The van der Waals surface area contributed by atoms with Crippen LogP contribution in [0.5, 0.6) is 5.75 Å². The minimum Gasteiger partial charge on any atom is -0.487 e. The van der Waals surface area contributed by atoms with Crippen molar-refractivity contribution in [2.45, 2.75) is 103 Å². The molecule has 0 spiro atoms. The molecule has 0 radical (unpaired) electrons. The first-order chi connectivity index (χ1) is 19.6. The lowest BCUT2D eigenvalue weighted by molar-refractivity contribution is -0.127. The standard InChI is InChI=1S/C31H40N4O4.C2H6/c1-31(2)18-26(34-29(37)21-11-10-20-15-24(38-4)16-22(20)14-21)25-13-19(9-12-27(25)39-31)7-5-6-8-23-17-28(36)35(3)30(32)33-23;1-2/h9-14,23-24,26H,5-8,15-18H2,1-4H3,(H2,32,33)(H,34,37);1-2H3. The molecule has 0 aromatic heterocycles. The van der Waals surface area contributed by atoms with Gasteiger partial charge in [-0.15, -0.1) is 0 Å². The van der Waals surface area contributed by atoms with Gasteiger partial charge in [-0.1, -0.05) is 38.5 Å². The van der Waals surface area contributed by atoms with Crippen LogP contribution in [0.3, 0.4) is 0 Å². The quantitative estimate of drug-likeness (QED) is 0.435. The first-order valence-corrected chi connectivity index (χ1v) is 15.0. The number of hydrogen-bond donors (Lipinski definition) is 2. The first-order valence-electron chi connectivity index (χ1n) is 15.0. The zero-order valence-electron chi connectivity index (χ0n) is 25.5. The van der Waals surface area contributed by atoms with Gasteiger partial charge in [0.15, 0.2) is 5.96 Å². The monoisotopic (exact) mass is 562 g/mol. The molecule has 1 aliphatic carbocycles. The molecule has 5 rings (SSSR count). The number of rotatable bonds is 8. The molecule has 2 aliphatic heterocycles. The number of carbonyl (C=O) groups excluding carboxylic acids is 2. The minimum atomic E-state index is -0.385. The first kappa shape index (κ1) is 30.6. The van der Waals surface area contributed by atoms with E-state index in [-0.39, 0.29) is 35.6 Å². The topological polar surface area (TPSA) is 106 Å². The Balaban J connectivity index is 0.00000189. The second-order valence-corrected chi connectivity index (χ2v) is 11.8. The average molecular weight is 563 g/mol. The Morgan fingerprint density at radius 2 is 1.88 bits per heavy atom. The number of aryl methyl sites for hydroxylation is 1. The molecule has 8 heteroatoms. The van der Waals surface area contributed by atoms with Gasteiger partial charge in [0.25, 0.3) is 5.91 Å². The largest absolute Gasteiger partial charge is 0.487 e. The summed E-state index contributed by atoms with van der Waals surface area (Å²) in [5.41, 5.74) is 10.9. The molecule has 3 atom stereocenters. The molecular formula is C33H46N4O4. The molecule has 0 saturated heterocycles. The van der Waals surface area contributed by atoms with Crippen molar-refractivity contribution in [2.24, 2.45) is 10.7 Å². The highest BCUT2D eigenvalue weighted by molar-refractivity contribution is 5.98. The normalized spacial score (nSPS) is 22.5. The lowest BCUT2D eigenvalue weighted by atomic mass is 9.88. The molecule has 2 aromatic rings. The zero-order chi connectivity index (χ0) is 29.7. The maximum atomic E-state index is 13.4. The van der Waals surface area contributed by atoms with Crippen LogP contribution in [0.15, 0.2) is 41.4 Å². The highest BCUT2D eigenvalue weighted by Crippen LogP contribution is 2.40. The van der Waals surface area contributed by atoms with Crippen molar-refractivity contribution in [1.82, 2.24) is 10.2 Å². The third-order valence-corrected chi connectivity index (χ3v) is 8.23. The third-order valence-electron chi connectivity index (χ3n) is 8.23. The summed E-state index contributed by atoms with van der Waals surface area (Å²) in [6, 6.07) is 12.1. The van der Waals surface area contributed by atoms with Gasteiger partial charge in [-0.3, -0.25) is 14.5 Å². The second-order valence-electron chi connectivity index (χ2n) is 11.8. The van der Waals surface area contributed by atoms with Crippen LogP contribution in [-0.2, 0) is 28.8 Å². The molecule has 0 saturated carbocycles. The molecular weight excluding hydrogens is 516 g/mol. The van der Waals surface area contributed by atoms with Crippen LogP contribution >= 0.6 is 0 Å². The molecule has 3 N–H and O–H groups in total. The lowest BCUT2D eigenvalue weighted by Crippen LogP contribution is -2.44. The van der Waals surface area contributed by atoms with E-state index < -0.39 is 0 Å². The molecule has 3 aliphatic rings. The molecule has 3 unspecified atom stereocenters. The van der Waals surface area contributed by atoms with Crippen molar-refractivity contribution in [3.05, 3.63) is 64.2 Å². The number of nitrogens with two attached hydrogens (primary N) is 1. The highest BCUT2D eigenvalue weighted by Gasteiger charge is 2.35. The summed E-state index contributed by atoms with van der Waals surface area (Å²) < 4.78 is 11.8. The van der Waals surface area contributed by atoms with Gasteiger partial charge in [0.2, 0.25) is 5.91 Å². The molecule has 222 valence electrons. The molecule has 2 aromatic carbocycles. The van der Waals surface area contributed by atoms with Crippen molar-refractivity contribution < 1.29 is 19.1 Å². The summed E-state index contributed by atoms with van der Waals surface area (Å²) in [5, 5.41) is 3.30. The molecule has 0 fully saturated rings. The van der Waals surface area contributed by atoms with Gasteiger partial charge in [-0.2, -0.15) is 0 Å². The van der Waals surface area contributed by atoms with E-state index in [0.717, 1.165) is 49.8 Å². The summed E-state index contributed by atoms with van der Waals surface area (Å²) in [6.45, 7) is 8.12. The number of carbonyl (C=O) groups is 2. The van der Waals surface area contributed by atoms with Crippen LogP contribution in [0.4, 0.5) is 0 Å². The SMILES string of the molecule is CC.COC1Cc2ccc(C(=O)NC3CC(C)(C)Oc4ccc(CCCCC5CC(=O)N(C)C(N)=N5)cc43)cc2C1. The van der Waals surface area contributed by atoms with Crippen LogP contribution < -0.4 is 15.8 Å². The third kappa shape index (κ3) is 7.28. The van der Waals surface area contributed by atoms with Gasteiger partial charge in [0, 0.05) is 38.1 Å². The Kier molecular flexibility index (Phi) is 9.74. The number of amides is 2. The number of fused-ring (bicyclic) bond motifs is 2. The maximum absolute atomic E-state index is 13.4. The lowest BCUT2D eigenvalue weighted by Gasteiger charge is -2.38. The molecule has 2 heterocycles. The van der Waals surface area contributed by atoms with Crippen LogP contribution in [0.1, 0.15) is 98.5 Å². The van der Waals surface area contributed by atoms with Crippen molar-refractivity contribution in [2.75, 3.05) is 14.2 Å². The summed E-state index contributed by atoms with van der Waals surface area (Å²) >= 11 is 0. The van der Waals surface area contributed by atoms with Crippen molar-refractivity contribution in [3.8, 4) is 5.75 Å². The van der Waals surface area contributed by atoms with Crippen LogP contribution in [0, 0.1) is 0 Å². The van der Waals surface area contributed by atoms with Gasteiger partial charge in [0.1, 0.15) is 11.4 Å². The predicted molar refractivity (Wildman–Crippen MR) is 162 cm³/mol. The minimum absolute atomic E-state index is 0.0252. The van der Waals surface area contributed by atoms with E-state index in [1.807, 2.05) is 32.0 Å². The van der Waals surface area contributed by atoms with Crippen molar-refractivity contribution in [1.29, 1.82) is 0 Å². The van der Waals surface area contributed by atoms with E-state index in [1.54, 1.807) is 14.2 Å². The van der Waals surface area contributed by atoms with E-state index in [9.17, 15) is 9.59 Å². The summed E-state index contributed by atoms with van der Waals surface area (Å²) in [6.07, 6.45) is 6.73.